The number of aliphatic hydroxyl groups excluding tert-OH is 1. The number of nitrogens with one attached hydrogen (secondary N) is 3. The number of carbonyl (C=O) groups excluding carboxylic acids is 2. The second-order valence-corrected chi connectivity index (χ2v) is 11.9. The van der Waals surface area contributed by atoms with Crippen LogP contribution in [0.2, 0.25) is 0 Å². The molecule has 2 bridgehead atoms. The Bertz CT molecular complexity index is 1160. The van der Waals surface area contributed by atoms with Gasteiger partial charge in [0.1, 0.15) is 6.04 Å². The molecule has 4 N–H and O–H groups in total. The quantitative estimate of drug-likeness (QED) is 0.365. The van der Waals surface area contributed by atoms with E-state index in [1.807, 2.05) is 6.26 Å². The molecule has 1 aliphatic carbocycles. The van der Waals surface area contributed by atoms with Gasteiger partial charge in [-0.15, -0.1) is 0 Å². The van der Waals surface area contributed by atoms with Crippen LogP contribution >= 0.6 is 11.8 Å². The van der Waals surface area contributed by atoms with Gasteiger partial charge in [-0.2, -0.15) is 11.8 Å². The molecule has 40 heavy (non-hydrogen) atoms. The molecule has 218 valence electrons. The largest absolute Gasteiger partial charge is 0.491 e. The number of hydrogen-bond donors (Lipinski definition) is 4. The van der Waals surface area contributed by atoms with Gasteiger partial charge in [0.15, 0.2) is 11.6 Å². The molecule has 2 amide bonds. The molecule has 7 nitrogen and oxygen atoms in total. The third-order valence-electron chi connectivity index (χ3n) is 7.85. The average molecular weight is 572 g/mol. The molecule has 0 spiro atoms. The van der Waals surface area contributed by atoms with E-state index in [1.165, 1.54) is 17.2 Å². The summed E-state index contributed by atoms with van der Waals surface area (Å²) < 4.78 is 20.4. The highest BCUT2D eigenvalue weighted by atomic mass is 32.2. The number of fused-ring (bicyclic) bond motifs is 13. The lowest BCUT2D eigenvalue weighted by Gasteiger charge is -2.29. The number of halogens is 1. The van der Waals surface area contributed by atoms with Crippen LogP contribution in [0.1, 0.15) is 62.1 Å². The highest BCUT2D eigenvalue weighted by molar-refractivity contribution is 7.98. The van der Waals surface area contributed by atoms with Crippen molar-refractivity contribution in [3.05, 3.63) is 65.0 Å². The minimum absolute atomic E-state index is 0.158. The normalized spacial score (nSPS) is 22.2. The summed E-state index contributed by atoms with van der Waals surface area (Å²) in [6.07, 6.45) is 6.04. The van der Waals surface area contributed by atoms with Crippen LogP contribution in [-0.4, -0.2) is 60.3 Å². The monoisotopic (exact) mass is 571 g/mol. The molecule has 1 fully saturated rings. The Morgan fingerprint density at radius 3 is 2.73 bits per heavy atom. The van der Waals surface area contributed by atoms with Crippen molar-refractivity contribution < 1.29 is 23.8 Å². The number of aliphatic hydroxyl groups is 1. The molecule has 2 aromatic rings. The summed E-state index contributed by atoms with van der Waals surface area (Å²) >= 11 is 1.60. The van der Waals surface area contributed by atoms with E-state index in [4.69, 9.17) is 4.74 Å². The molecule has 1 saturated carbocycles. The summed E-state index contributed by atoms with van der Waals surface area (Å²) in [5.41, 5.74) is 2.93. The number of rotatable bonds is 9. The van der Waals surface area contributed by atoms with Gasteiger partial charge in [-0.05, 0) is 85.8 Å². The summed E-state index contributed by atoms with van der Waals surface area (Å²) in [5, 5.41) is 20.8. The number of amides is 2. The first-order chi connectivity index (χ1) is 19.3. The second kappa shape index (κ2) is 14.3. The van der Waals surface area contributed by atoms with Crippen LogP contribution in [0.25, 0.3) is 0 Å². The highest BCUT2D eigenvalue weighted by Crippen LogP contribution is 2.45. The molecule has 2 aliphatic heterocycles. The number of thioether (sulfide) groups is 1. The molecule has 9 heteroatoms. The van der Waals surface area contributed by atoms with Gasteiger partial charge < -0.3 is 25.8 Å². The van der Waals surface area contributed by atoms with Gasteiger partial charge in [-0.25, -0.2) is 4.39 Å². The summed E-state index contributed by atoms with van der Waals surface area (Å²) in [7, 11) is 0. The Kier molecular flexibility index (Phi) is 10.9. The van der Waals surface area contributed by atoms with E-state index in [9.17, 15) is 19.1 Å². The van der Waals surface area contributed by atoms with Crippen molar-refractivity contribution in [3.63, 3.8) is 0 Å². The first kappa shape index (κ1) is 30.3. The molecule has 2 heterocycles. The van der Waals surface area contributed by atoms with E-state index >= 15 is 0 Å². The summed E-state index contributed by atoms with van der Waals surface area (Å²) in [4.78, 5) is 26.0. The van der Waals surface area contributed by atoms with Crippen LogP contribution < -0.4 is 20.7 Å². The van der Waals surface area contributed by atoms with E-state index in [-0.39, 0.29) is 42.5 Å². The Morgan fingerprint density at radius 1 is 1.18 bits per heavy atom. The van der Waals surface area contributed by atoms with Crippen LogP contribution in [0.5, 0.6) is 5.75 Å². The van der Waals surface area contributed by atoms with E-state index in [0.29, 0.717) is 37.2 Å². The Balaban J connectivity index is 1.53. The van der Waals surface area contributed by atoms with Gasteiger partial charge >= 0.3 is 0 Å². The first-order valence-corrected chi connectivity index (χ1v) is 15.8. The maximum absolute atomic E-state index is 14.8. The maximum atomic E-state index is 14.8. The van der Waals surface area contributed by atoms with E-state index in [1.54, 1.807) is 23.9 Å². The Morgan fingerprint density at radius 2 is 2.00 bits per heavy atom. The topological polar surface area (TPSA) is 99.7 Å². The van der Waals surface area contributed by atoms with Gasteiger partial charge in [0, 0.05) is 18.5 Å². The molecule has 0 unspecified atom stereocenters. The van der Waals surface area contributed by atoms with Gasteiger partial charge in [0.25, 0.3) is 0 Å². The summed E-state index contributed by atoms with van der Waals surface area (Å²) in [6, 6.07) is 11.9. The molecule has 2 aromatic carbocycles. The van der Waals surface area contributed by atoms with Crippen LogP contribution in [0.15, 0.2) is 42.5 Å². The minimum Gasteiger partial charge on any atom is -0.491 e. The molecular formula is C31H42FN3O4S. The van der Waals surface area contributed by atoms with Crippen molar-refractivity contribution in [1.82, 2.24) is 16.0 Å². The van der Waals surface area contributed by atoms with Crippen LogP contribution in [0.3, 0.4) is 0 Å². The zero-order valence-electron chi connectivity index (χ0n) is 23.5. The van der Waals surface area contributed by atoms with Crippen LogP contribution in [0.4, 0.5) is 4.39 Å². The highest BCUT2D eigenvalue weighted by Gasteiger charge is 2.44. The standard InChI is InChI=1S/C31H42FN3O4S/c1-3-21-7-6-8-23(17-21)31(13-14-31)33-20-27(36)26-19-22-10-11-28(24(32)18-22)39-15-5-4-9-29(37)34-25(12-16-40-2)30(38)35-26/h6-8,10-11,17-18,25-27,33,36H,3-5,9,12-16,19-20H2,1-2H3,(H,34,37)(H,35,38)/t25-,26-,27+/m0/s1. The third kappa shape index (κ3) is 8.21. The molecule has 3 atom stereocenters. The fraction of sp³-hybridized carbons (Fsp3) is 0.548. The van der Waals surface area contributed by atoms with Crippen molar-refractivity contribution in [3.8, 4) is 5.75 Å². The molecule has 0 aromatic heterocycles. The van der Waals surface area contributed by atoms with E-state index < -0.39 is 24.0 Å². The molecule has 5 rings (SSSR count). The van der Waals surface area contributed by atoms with Gasteiger partial charge in [-0.3, -0.25) is 9.59 Å². The lowest BCUT2D eigenvalue weighted by atomic mass is 9.98. The van der Waals surface area contributed by atoms with Crippen LogP contribution in [-0.2, 0) is 28.0 Å². The number of carbonyl (C=O) groups is 2. The number of aryl methyl sites for hydroxylation is 1. The fourth-order valence-electron chi connectivity index (χ4n) is 5.17. The van der Waals surface area contributed by atoms with Crippen molar-refractivity contribution in [2.75, 3.05) is 25.2 Å². The summed E-state index contributed by atoms with van der Waals surface area (Å²) in [5.74, 6) is -0.161. The Labute approximate surface area is 241 Å². The van der Waals surface area contributed by atoms with Gasteiger partial charge in [0.05, 0.1) is 18.8 Å². The second-order valence-electron chi connectivity index (χ2n) is 10.9. The van der Waals surface area contributed by atoms with Gasteiger partial charge in [0.2, 0.25) is 11.8 Å². The fourth-order valence-corrected chi connectivity index (χ4v) is 5.64. The first-order valence-electron chi connectivity index (χ1n) is 14.4. The Hall–Kier alpha value is -2.62. The average Bonchev–Trinajstić information content (AvgIpc) is 3.75. The maximum Gasteiger partial charge on any atom is 0.242 e. The lowest BCUT2D eigenvalue weighted by molar-refractivity contribution is -0.130. The smallest absolute Gasteiger partial charge is 0.242 e. The van der Waals surface area contributed by atoms with Crippen molar-refractivity contribution in [2.45, 2.75) is 82.0 Å². The molecule has 3 aliphatic rings. The minimum atomic E-state index is -0.939. The van der Waals surface area contributed by atoms with E-state index in [2.05, 4.69) is 47.1 Å². The predicted molar refractivity (Wildman–Crippen MR) is 157 cm³/mol. The van der Waals surface area contributed by atoms with Gasteiger partial charge in [-0.1, -0.05) is 37.3 Å². The zero-order valence-corrected chi connectivity index (χ0v) is 24.3. The predicted octanol–water partition coefficient (Wildman–Crippen LogP) is 3.86. The number of benzene rings is 2. The lowest BCUT2D eigenvalue weighted by Crippen LogP contribution is -2.55. The summed E-state index contributed by atoms with van der Waals surface area (Å²) in [6.45, 7) is 2.69. The molecule has 0 saturated heterocycles. The molecular weight excluding hydrogens is 529 g/mol. The number of hydrogen-bond acceptors (Lipinski definition) is 6. The van der Waals surface area contributed by atoms with Crippen molar-refractivity contribution in [2.24, 2.45) is 0 Å². The molecule has 0 radical (unpaired) electrons. The van der Waals surface area contributed by atoms with Crippen LogP contribution in [0, 0.1) is 5.82 Å². The number of ether oxygens (including phenoxy) is 1. The van der Waals surface area contributed by atoms with Crippen molar-refractivity contribution in [1.29, 1.82) is 0 Å². The zero-order chi connectivity index (χ0) is 28.5. The SMILES string of the molecule is CCc1cccc(C2(NC[C@@H](O)[C@@H]3Cc4ccc(c(F)c4)OCCCCC(=O)N[C@@H](CCSC)C(=O)N3)CC2)c1. The van der Waals surface area contributed by atoms with Crippen molar-refractivity contribution >= 4 is 23.6 Å². The third-order valence-corrected chi connectivity index (χ3v) is 8.49. The van der Waals surface area contributed by atoms with E-state index in [0.717, 1.165) is 19.3 Å².